The quantitative estimate of drug-likeness (QED) is 0.0284. The number of nitrogens with zero attached hydrogens (tertiary/aromatic N) is 2. The van der Waals surface area contributed by atoms with Crippen LogP contribution in [0.2, 0.25) is 0 Å². The van der Waals surface area contributed by atoms with Crippen LogP contribution in [0.4, 0.5) is 0 Å². The number of aliphatic hydroxyl groups excluding tert-OH is 2. The van der Waals surface area contributed by atoms with E-state index < -0.39 is 17.7 Å². The van der Waals surface area contributed by atoms with Crippen LogP contribution in [0.25, 0.3) is 0 Å². The summed E-state index contributed by atoms with van der Waals surface area (Å²) in [6.45, 7) is 9.33. The number of methoxy groups -OCH3 is 1. The van der Waals surface area contributed by atoms with Crippen LogP contribution in [0.3, 0.4) is 0 Å². The van der Waals surface area contributed by atoms with Crippen LogP contribution in [0.15, 0.2) is 84.1 Å². The summed E-state index contributed by atoms with van der Waals surface area (Å²) in [4.78, 5) is 35.3. The zero-order valence-electron chi connectivity index (χ0n) is 41.7. The zero-order chi connectivity index (χ0) is 49.3. The molecule has 2 N–H and O–H groups in total. The van der Waals surface area contributed by atoms with Crippen molar-refractivity contribution in [2.24, 2.45) is 22.9 Å². The predicted molar refractivity (Wildman–Crippen MR) is 270 cm³/mol. The van der Waals surface area contributed by atoms with Crippen molar-refractivity contribution >= 4 is 17.9 Å². The molecule has 70 heavy (non-hydrogen) atoms. The van der Waals surface area contributed by atoms with Crippen LogP contribution in [-0.4, -0.2) is 85.2 Å². The van der Waals surface area contributed by atoms with Crippen molar-refractivity contribution in [2.75, 3.05) is 40.3 Å². The number of aldehydes is 1. The zero-order valence-corrected chi connectivity index (χ0v) is 41.7. The maximum Gasteiger partial charge on any atom is 0.239 e. The smallest absolute Gasteiger partial charge is 0.239 e. The second-order valence-corrected chi connectivity index (χ2v) is 19.1. The minimum absolute atomic E-state index is 0.00329. The van der Waals surface area contributed by atoms with E-state index in [2.05, 4.69) is 19.6 Å². The number of hydrogen-bond donors (Lipinski definition) is 2. The summed E-state index contributed by atoms with van der Waals surface area (Å²) in [6, 6.07) is 16.2. The molecule has 0 aromatic heterocycles. The first-order chi connectivity index (χ1) is 34.3. The average molecular weight is 965 g/mol. The Morgan fingerprint density at radius 2 is 1.57 bits per heavy atom. The van der Waals surface area contributed by atoms with Gasteiger partial charge in [0.25, 0.3) is 0 Å². The maximum absolute atomic E-state index is 15.3. The number of benzene rings is 3. The van der Waals surface area contributed by atoms with E-state index >= 15 is 4.79 Å². The van der Waals surface area contributed by atoms with Gasteiger partial charge < -0.3 is 48.4 Å². The first-order valence-corrected chi connectivity index (χ1v) is 26.0. The number of amides is 1. The van der Waals surface area contributed by atoms with Gasteiger partial charge in [-0.3, -0.25) is 9.59 Å². The molecule has 2 aliphatic carbocycles. The highest BCUT2D eigenvalue weighted by Gasteiger charge is 2.65. The molecule has 1 saturated carbocycles. The lowest BCUT2D eigenvalue weighted by Crippen LogP contribution is -2.70. The van der Waals surface area contributed by atoms with Gasteiger partial charge in [-0.1, -0.05) is 94.5 Å². The maximum atomic E-state index is 15.3. The number of rotatable bonds is 30. The monoisotopic (exact) mass is 965 g/mol. The van der Waals surface area contributed by atoms with Gasteiger partial charge in [-0.2, -0.15) is 0 Å². The fraction of sp³-hybridized carbons (Fsp3) is 0.561. The van der Waals surface area contributed by atoms with Gasteiger partial charge in [0.15, 0.2) is 17.8 Å². The van der Waals surface area contributed by atoms with E-state index in [0.29, 0.717) is 72.4 Å². The number of carbonyl (C=O) groups excluding carboxylic acids is 2. The number of ether oxygens (including phenoxy) is 6. The van der Waals surface area contributed by atoms with Gasteiger partial charge in [-0.25, -0.2) is 0 Å². The van der Waals surface area contributed by atoms with Crippen molar-refractivity contribution in [3.05, 3.63) is 95.6 Å². The van der Waals surface area contributed by atoms with Crippen LogP contribution in [0, 0.1) is 17.8 Å². The standard InChI is InChI=1S/C57H76N2O11/c1-5-8-9-10-11-12-13-14-15-22-54(63)59(37-40-23-26-51-52(32-40)66-39-65-51)53-36-48(58-68-7-3)46-34-41(20-16-18-29-60)45(21-17-19-30-61)55-47-35-44(69-43-24-27-49(64-4)42(33-43)38-62)25-28-50(47)70-57(53,56(46)55)67-31-6-2/h6,23-28,32-35,38,41,45,53,55-56,60-61H,2,5,7-22,29-31,36-37,39H2,1,3-4H3/t41-,45+,53-,55+,56+,57+/m0/s1. The van der Waals surface area contributed by atoms with Crippen LogP contribution in [0.5, 0.6) is 34.5 Å². The molecule has 2 aliphatic heterocycles. The molecule has 380 valence electrons. The third-order valence-electron chi connectivity index (χ3n) is 14.5. The largest absolute Gasteiger partial charge is 0.496 e. The molecule has 0 spiro atoms. The fourth-order valence-corrected chi connectivity index (χ4v) is 11.2. The Labute approximate surface area is 415 Å². The molecule has 0 saturated heterocycles. The third-order valence-corrected chi connectivity index (χ3v) is 14.5. The van der Waals surface area contributed by atoms with Gasteiger partial charge in [-0.05, 0) is 111 Å². The van der Waals surface area contributed by atoms with Crippen molar-refractivity contribution in [1.82, 2.24) is 4.90 Å². The van der Waals surface area contributed by atoms with Gasteiger partial charge in [0.05, 0.1) is 30.9 Å². The van der Waals surface area contributed by atoms with E-state index in [4.69, 9.17) is 38.4 Å². The number of fused-ring (bicyclic) bond motifs is 3. The minimum Gasteiger partial charge on any atom is -0.496 e. The van der Waals surface area contributed by atoms with E-state index in [-0.39, 0.29) is 56.8 Å². The van der Waals surface area contributed by atoms with Gasteiger partial charge in [0, 0.05) is 44.1 Å². The lowest BCUT2D eigenvalue weighted by molar-refractivity contribution is -0.258. The SMILES string of the molecule is C=CCO[C@@]12Oc3ccc(Oc4ccc(OC)c(C=O)c4)cc3[C@H]3[C@H](CCCCO)[C@@H](CCCCO)C=C(C(=NOCC)C[C@@H]1N(Cc1ccc4c(c1)OCO4)C(=O)CCCCCCCCCCC)[C@H]32. The molecule has 3 aromatic rings. The molecular weight excluding hydrogens is 889 g/mol. The number of oxime groups is 1. The van der Waals surface area contributed by atoms with Crippen LogP contribution in [-0.2, 0) is 20.9 Å². The Morgan fingerprint density at radius 3 is 2.30 bits per heavy atom. The summed E-state index contributed by atoms with van der Waals surface area (Å²) in [7, 11) is 1.52. The molecule has 1 fully saturated rings. The molecule has 2 heterocycles. The van der Waals surface area contributed by atoms with Crippen LogP contribution >= 0.6 is 0 Å². The van der Waals surface area contributed by atoms with Crippen molar-refractivity contribution in [1.29, 1.82) is 0 Å². The van der Waals surface area contributed by atoms with Crippen molar-refractivity contribution in [3.63, 3.8) is 0 Å². The van der Waals surface area contributed by atoms with Crippen molar-refractivity contribution < 1.29 is 53.1 Å². The summed E-state index contributed by atoms with van der Waals surface area (Å²) in [5.41, 5.74) is 3.88. The summed E-state index contributed by atoms with van der Waals surface area (Å²) in [6.07, 6.45) is 20.2. The molecule has 0 bridgehead atoms. The molecular formula is C57H76N2O11. The molecule has 3 aromatic carbocycles. The second kappa shape index (κ2) is 26.2. The Balaban J connectivity index is 1.36. The second-order valence-electron chi connectivity index (χ2n) is 19.1. The van der Waals surface area contributed by atoms with Crippen LogP contribution < -0.4 is 23.7 Å². The first-order valence-electron chi connectivity index (χ1n) is 26.0. The predicted octanol–water partition coefficient (Wildman–Crippen LogP) is 11.6. The van der Waals surface area contributed by atoms with Crippen molar-refractivity contribution in [2.45, 2.75) is 147 Å². The summed E-state index contributed by atoms with van der Waals surface area (Å²) < 4.78 is 38.2. The molecule has 13 heteroatoms. The molecule has 7 rings (SSSR count). The normalized spacial score (nSPS) is 22.3. The van der Waals surface area contributed by atoms with Gasteiger partial charge >= 0.3 is 0 Å². The summed E-state index contributed by atoms with van der Waals surface area (Å²) >= 11 is 0. The lowest BCUT2D eigenvalue weighted by Gasteiger charge is -2.60. The lowest BCUT2D eigenvalue weighted by atomic mass is 9.55. The fourth-order valence-electron chi connectivity index (χ4n) is 11.2. The number of unbranched alkanes of at least 4 members (excludes halogenated alkanes) is 10. The van der Waals surface area contributed by atoms with E-state index in [1.54, 1.807) is 24.3 Å². The average Bonchev–Trinajstić information content (AvgIpc) is 3.85. The molecule has 4 aliphatic rings. The molecule has 1 amide bonds. The Bertz CT molecular complexity index is 2260. The van der Waals surface area contributed by atoms with Gasteiger partial charge in [0.2, 0.25) is 18.5 Å². The summed E-state index contributed by atoms with van der Waals surface area (Å²) in [5.74, 6) is 1.34. The molecule has 13 nitrogen and oxygen atoms in total. The minimum atomic E-state index is -1.42. The Morgan fingerprint density at radius 1 is 0.857 bits per heavy atom. The Hall–Kier alpha value is -5.37. The highest BCUT2D eigenvalue weighted by atomic mass is 16.7. The van der Waals surface area contributed by atoms with Gasteiger partial charge in [0.1, 0.15) is 35.6 Å². The van der Waals surface area contributed by atoms with E-state index in [1.165, 1.54) is 39.2 Å². The highest BCUT2D eigenvalue weighted by molar-refractivity contribution is 6.03. The van der Waals surface area contributed by atoms with E-state index in [0.717, 1.165) is 80.1 Å². The molecule has 6 atom stereocenters. The number of allylic oxidation sites excluding steroid dienone is 1. The number of carbonyl (C=O) groups is 2. The van der Waals surface area contributed by atoms with E-state index in [1.807, 2.05) is 48.2 Å². The molecule has 0 unspecified atom stereocenters. The van der Waals surface area contributed by atoms with Gasteiger partial charge in [-0.15, -0.1) is 6.58 Å². The Kier molecular flexibility index (Phi) is 19.6. The topological polar surface area (TPSA) is 155 Å². The number of hydrogen-bond acceptors (Lipinski definition) is 12. The number of aliphatic hydroxyl groups is 2. The first kappa shape index (κ1) is 52.5. The van der Waals surface area contributed by atoms with E-state index in [9.17, 15) is 15.0 Å². The van der Waals surface area contributed by atoms with Crippen molar-refractivity contribution in [3.8, 4) is 34.5 Å². The summed E-state index contributed by atoms with van der Waals surface area (Å²) in [5, 5.41) is 25.0. The third kappa shape index (κ3) is 12.4. The highest BCUT2D eigenvalue weighted by Crippen LogP contribution is 2.62. The molecule has 0 radical (unpaired) electrons. The van der Waals surface area contributed by atoms with Crippen LogP contribution in [0.1, 0.15) is 150 Å².